The molecule has 1 rings (SSSR count). The van der Waals surface area contributed by atoms with Crippen molar-refractivity contribution in [3.05, 3.63) is 23.0 Å². The number of aromatic nitrogens is 1. The molecule has 0 aromatic carbocycles. The van der Waals surface area contributed by atoms with Crippen molar-refractivity contribution in [2.75, 3.05) is 6.61 Å². The molecule has 0 fully saturated rings. The fourth-order valence-electron chi connectivity index (χ4n) is 1.31. The molecule has 4 nitrogen and oxygen atoms in total. The van der Waals surface area contributed by atoms with Crippen LogP contribution in [0.15, 0.2) is 6.20 Å². The van der Waals surface area contributed by atoms with E-state index in [1.165, 1.54) is 0 Å². The fourth-order valence-corrected chi connectivity index (χ4v) is 1.58. The van der Waals surface area contributed by atoms with E-state index in [1.54, 1.807) is 6.92 Å². The smallest absolute Gasteiger partial charge is 0.357 e. The van der Waals surface area contributed by atoms with Crippen LogP contribution >= 0.6 is 11.6 Å². The quantitative estimate of drug-likeness (QED) is 0.672. The average Bonchev–Trinajstić information content (AvgIpc) is 2.27. The minimum absolute atomic E-state index is 0.0904. The molecule has 1 N–H and O–H groups in total. The Balaban J connectivity index is 3.32. The molecule has 7 heteroatoms. The van der Waals surface area contributed by atoms with E-state index >= 15 is 0 Å². The largest absolute Gasteiger partial charge is 0.506 e. The van der Waals surface area contributed by atoms with E-state index in [4.69, 9.17) is 11.6 Å². The number of hydrogen-bond acceptors (Lipinski definition) is 4. The normalized spacial score (nSPS) is 10.6. The number of esters is 1. The lowest BCUT2D eigenvalue weighted by atomic mass is 10.1. The van der Waals surface area contributed by atoms with Crippen molar-refractivity contribution >= 4 is 17.6 Å². The SMILES string of the molecule is CCOC(=O)c1ncc(O)c(C(F)F)c1CCl. The molecular weight excluding hydrogens is 256 g/mol. The molecule has 1 aromatic rings. The van der Waals surface area contributed by atoms with Crippen LogP contribution in [0.1, 0.15) is 35.0 Å². The van der Waals surface area contributed by atoms with Crippen molar-refractivity contribution in [2.45, 2.75) is 19.2 Å². The summed E-state index contributed by atoms with van der Waals surface area (Å²) < 4.78 is 30.1. The highest BCUT2D eigenvalue weighted by Crippen LogP contribution is 2.33. The van der Waals surface area contributed by atoms with Gasteiger partial charge in [-0.25, -0.2) is 18.6 Å². The molecule has 17 heavy (non-hydrogen) atoms. The van der Waals surface area contributed by atoms with Gasteiger partial charge in [-0.05, 0) is 6.92 Å². The maximum Gasteiger partial charge on any atom is 0.357 e. The van der Waals surface area contributed by atoms with Gasteiger partial charge in [0.05, 0.1) is 24.2 Å². The molecule has 0 aliphatic heterocycles. The van der Waals surface area contributed by atoms with Gasteiger partial charge in [0.25, 0.3) is 6.43 Å². The summed E-state index contributed by atoms with van der Waals surface area (Å²) in [6, 6.07) is 0. The Hall–Kier alpha value is -1.43. The third kappa shape index (κ3) is 2.82. The van der Waals surface area contributed by atoms with E-state index in [0.29, 0.717) is 0 Å². The Morgan fingerprint density at radius 2 is 2.29 bits per heavy atom. The number of hydrogen-bond donors (Lipinski definition) is 1. The van der Waals surface area contributed by atoms with E-state index in [2.05, 4.69) is 9.72 Å². The maximum atomic E-state index is 12.7. The predicted octanol–water partition coefficient (Wildman–Crippen LogP) is 2.64. The Morgan fingerprint density at radius 1 is 1.65 bits per heavy atom. The summed E-state index contributed by atoms with van der Waals surface area (Å²) >= 11 is 5.51. The van der Waals surface area contributed by atoms with Crippen LogP contribution in [0.4, 0.5) is 8.78 Å². The van der Waals surface area contributed by atoms with Crippen LogP contribution < -0.4 is 0 Å². The zero-order valence-electron chi connectivity index (χ0n) is 8.91. The van der Waals surface area contributed by atoms with Crippen molar-refractivity contribution < 1.29 is 23.4 Å². The molecule has 0 unspecified atom stereocenters. The van der Waals surface area contributed by atoms with Crippen LogP contribution in [-0.4, -0.2) is 22.7 Å². The van der Waals surface area contributed by atoms with Gasteiger partial charge < -0.3 is 9.84 Å². The second kappa shape index (κ2) is 5.77. The number of pyridine rings is 1. The van der Waals surface area contributed by atoms with E-state index in [-0.39, 0.29) is 23.7 Å². The highest BCUT2D eigenvalue weighted by atomic mass is 35.5. The lowest BCUT2D eigenvalue weighted by molar-refractivity contribution is 0.0517. The number of alkyl halides is 3. The standard InChI is InChI=1S/C10H10ClF2NO3/c1-2-17-10(16)8-5(3-11)7(9(12)13)6(15)4-14-8/h4,9,15H,2-3H2,1H3. The Kier molecular flexibility index (Phi) is 4.62. The Morgan fingerprint density at radius 3 is 2.76 bits per heavy atom. The molecule has 0 aliphatic carbocycles. The molecule has 1 aromatic heterocycles. The summed E-state index contributed by atoms with van der Waals surface area (Å²) in [5.41, 5.74) is -1.19. The molecule has 0 bridgehead atoms. The fraction of sp³-hybridized carbons (Fsp3) is 0.400. The topological polar surface area (TPSA) is 59.4 Å². The van der Waals surface area contributed by atoms with Crippen LogP contribution in [-0.2, 0) is 10.6 Å². The van der Waals surface area contributed by atoms with Crippen LogP contribution in [0.5, 0.6) is 5.75 Å². The second-order valence-electron chi connectivity index (χ2n) is 3.04. The third-order valence-corrected chi connectivity index (χ3v) is 2.29. The lowest BCUT2D eigenvalue weighted by Crippen LogP contribution is -2.12. The summed E-state index contributed by atoms with van der Waals surface area (Å²) in [5, 5.41) is 9.28. The summed E-state index contributed by atoms with van der Waals surface area (Å²) in [4.78, 5) is 15.0. The number of halogens is 3. The van der Waals surface area contributed by atoms with Crippen LogP contribution in [0.3, 0.4) is 0 Å². The number of carbonyl (C=O) groups is 1. The first-order chi connectivity index (χ1) is 8.02. The van der Waals surface area contributed by atoms with Crippen LogP contribution in [0.2, 0.25) is 0 Å². The van der Waals surface area contributed by atoms with E-state index < -0.39 is 23.7 Å². The molecule has 0 aliphatic rings. The molecule has 0 spiro atoms. The van der Waals surface area contributed by atoms with Gasteiger partial charge in [-0.1, -0.05) is 0 Å². The molecule has 0 radical (unpaired) electrons. The minimum atomic E-state index is -2.94. The van der Waals surface area contributed by atoms with Gasteiger partial charge in [0.1, 0.15) is 5.75 Å². The predicted molar refractivity (Wildman–Crippen MR) is 56.4 cm³/mol. The van der Waals surface area contributed by atoms with Crippen molar-refractivity contribution in [2.24, 2.45) is 0 Å². The monoisotopic (exact) mass is 265 g/mol. The number of carbonyl (C=O) groups excluding carboxylic acids is 1. The molecule has 0 saturated heterocycles. The van der Waals surface area contributed by atoms with Crippen LogP contribution in [0, 0.1) is 0 Å². The number of rotatable bonds is 4. The number of nitrogens with zero attached hydrogens (tertiary/aromatic N) is 1. The van der Waals surface area contributed by atoms with Crippen molar-refractivity contribution in [3.8, 4) is 5.75 Å². The Labute approximate surface area is 101 Å². The molecular formula is C10H10ClF2NO3. The van der Waals surface area contributed by atoms with E-state index in [0.717, 1.165) is 6.20 Å². The first kappa shape index (κ1) is 13.6. The lowest BCUT2D eigenvalue weighted by Gasteiger charge is -2.12. The van der Waals surface area contributed by atoms with Crippen molar-refractivity contribution in [1.29, 1.82) is 0 Å². The zero-order valence-corrected chi connectivity index (χ0v) is 9.67. The summed E-state index contributed by atoms with van der Waals surface area (Å²) in [6.07, 6.45) is -2.16. The summed E-state index contributed by atoms with van der Waals surface area (Å²) in [6.45, 7) is 1.67. The van der Waals surface area contributed by atoms with Gasteiger partial charge in [-0.2, -0.15) is 0 Å². The molecule has 0 saturated carbocycles. The number of aromatic hydroxyl groups is 1. The van der Waals surface area contributed by atoms with Crippen molar-refractivity contribution in [3.63, 3.8) is 0 Å². The average molecular weight is 266 g/mol. The Bertz CT molecular complexity index is 426. The highest BCUT2D eigenvalue weighted by Gasteiger charge is 2.25. The van der Waals surface area contributed by atoms with Gasteiger partial charge in [-0.3, -0.25) is 0 Å². The van der Waals surface area contributed by atoms with E-state index in [1.807, 2.05) is 0 Å². The zero-order chi connectivity index (χ0) is 13.0. The van der Waals surface area contributed by atoms with Gasteiger partial charge in [-0.15, -0.1) is 11.6 Å². The molecule has 94 valence electrons. The minimum Gasteiger partial charge on any atom is -0.506 e. The van der Waals surface area contributed by atoms with Gasteiger partial charge in [0.2, 0.25) is 0 Å². The van der Waals surface area contributed by atoms with Gasteiger partial charge >= 0.3 is 5.97 Å². The maximum absolute atomic E-state index is 12.7. The third-order valence-electron chi connectivity index (χ3n) is 2.02. The molecule has 0 atom stereocenters. The number of ether oxygens (including phenoxy) is 1. The van der Waals surface area contributed by atoms with E-state index in [9.17, 15) is 18.7 Å². The summed E-state index contributed by atoms with van der Waals surface area (Å²) in [5.74, 6) is -1.90. The highest BCUT2D eigenvalue weighted by molar-refractivity contribution is 6.17. The summed E-state index contributed by atoms with van der Waals surface area (Å²) in [7, 11) is 0. The van der Waals surface area contributed by atoms with Crippen molar-refractivity contribution in [1.82, 2.24) is 4.98 Å². The van der Waals surface area contributed by atoms with Gasteiger partial charge in [0.15, 0.2) is 5.69 Å². The molecule has 1 heterocycles. The second-order valence-corrected chi connectivity index (χ2v) is 3.31. The first-order valence-electron chi connectivity index (χ1n) is 4.74. The van der Waals surface area contributed by atoms with Crippen LogP contribution in [0.25, 0.3) is 0 Å². The first-order valence-corrected chi connectivity index (χ1v) is 5.28. The molecule has 0 amide bonds. The van der Waals surface area contributed by atoms with Gasteiger partial charge in [0, 0.05) is 5.56 Å².